The lowest BCUT2D eigenvalue weighted by Crippen LogP contribution is -2.25. The maximum absolute atomic E-state index is 12.1. The van der Waals surface area contributed by atoms with Gasteiger partial charge < -0.3 is 9.84 Å². The molecule has 0 fully saturated rings. The summed E-state index contributed by atoms with van der Waals surface area (Å²) in [6.45, 7) is 0.384. The van der Waals surface area contributed by atoms with Gasteiger partial charge in [0.15, 0.2) is 11.5 Å². The highest BCUT2D eigenvalue weighted by molar-refractivity contribution is 7.89. The third-order valence-electron chi connectivity index (χ3n) is 3.46. The van der Waals surface area contributed by atoms with Crippen molar-refractivity contribution in [2.45, 2.75) is 11.3 Å². The molecule has 2 aromatic heterocycles. The number of sulfonamides is 1. The number of benzene rings is 1. The molecule has 25 heavy (non-hydrogen) atoms. The molecular formula is C16H15N3O4S2. The van der Waals surface area contributed by atoms with Crippen LogP contribution in [0.1, 0.15) is 16.1 Å². The normalized spacial score (nSPS) is 11.4. The van der Waals surface area contributed by atoms with Gasteiger partial charge in [-0.15, -0.1) is 11.3 Å². The Morgan fingerprint density at radius 1 is 1.24 bits per heavy atom. The van der Waals surface area contributed by atoms with Crippen LogP contribution >= 0.6 is 11.3 Å². The fraction of sp³-hybridized carbons (Fsp3) is 0.125. The van der Waals surface area contributed by atoms with Crippen LogP contribution in [0, 0.1) is 0 Å². The number of hydrogen-bond acceptors (Lipinski definition) is 6. The van der Waals surface area contributed by atoms with Crippen LogP contribution in [-0.2, 0) is 16.4 Å². The fourth-order valence-electron chi connectivity index (χ4n) is 2.17. The van der Waals surface area contributed by atoms with E-state index in [-0.39, 0.29) is 16.5 Å². The number of nitrogens with one attached hydrogen (secondary N) is 1. The molecule has 0 aliphatic heterocycles. The average molecular weight is 377 g/mol. The first-order valence-corrected chi connectivity index (χ1v) is 9.76. The van der Waals surface area contributed by atoms with Crippen molar-refractivity contribution in [3.63, 3.8) is 0 Å². The highest BCUT2D eigenvalue weighted by Crippen LogP contribution is 2.25. The number of carbonyl (C=O) groups is 1. The van der Waals surface area contributed by atoms with Gasteiger partial charge in [-0.25, -0.2) is 13.6 Å². The predicted octanol–water partition coefficient (Wildman–Crippen LogP) is 2.02. The summed E-state index contributed by atoms with van der Waals surface area (Å²) in [4.78, 5) is 13.0. The zero-order valence-electron chi connectivity index (χ0n) is 13.0. The zero-order chi connectivity index (χ0) is 17.9. The van der Waals surface area contributed by atoms with Crippen molar-refractivity contribution >= 4 is 27.3 Å². The standard InChI is InChI=1S/C16H15N3O4S2/c17-25(21,22)12-5-3-11(4-6-12)7-8-18-16(20)13-10-14(23-19-13)15-2-1-9-24-15/h1-6,9-10H,7-8H2,(H,18,20)(H2,17,21,22). The van der Waals surface area contributed by atoms with E-state index >= 15 is 0 Å². The summed E-state index contributed by atoms with van der Waals surface area (Å²) in [7, 11) is -3.69. The highest BCUT2D eigenvalue weighted by atomic mass is 32.2. The van der Waals surface area contributed by atoms with Crippen LogP contribution < -0.4 is 10.5 Å². The van der Waals surface area contributed by atoms with Crippen molar-refractivity contribution in [1.82, 2.24) is 10.5 Å². The van der Waals surface area contributed by atoms with E-state index in [0.29, 0.717) is 18.7 Å². The molecule has 0 aliphatic rings. The Balaban J connectivity index is 1.54. The molecular weight excluding hydrogens is 362 g/mol. The molecule has 0 atom stereocenters. The number of hydrogen-bond donors (Lipinski definition) is 2. The molecule has 7 nitrogen and oxygen atoms in total. The second kappa shape index (κ2) is 7.18. The van der Waals surface area contributed by atoms with Gasteiger partial charge in [0.05, 0.1) is 9.77 Å². The molecule has 1 aromatic carbocycles. The average Bonchev–Trinajstić information content (AvgIpc) is 3.25. The summed E-state index contributed by atoms with van der Waals surface area (Å²) < 4.78 is 27.6. The third-order valence-corrected chi connectivity index (χ3v) is 5.27. The molecule has 0 saturated heterocycles. The fourth-order valence-corrected chi connectivity index (χ4v) is 3.36. The van der Waals surface area contributed by atoms with Crippen LogP contribution in [0.4, 0.5) is 0 Å². The summed E-state index contributed by atoms with van der Waals surface area (Å²) in [6.07, 6.45) is 0.548. The van der Waals surface area contributed by atoms with Gasteiger partial charge in [0, 0.05) is 12.6 Å². The van der Waals surface area contributed by atoms with E-state index in [1.54, 1.807) is 18.2 Å². The molecule has 0 radical (unpaired) electrons. The predicted molar refractivity (Wildman–Crippen MR) is 93.7 cm³/mol. The van der Waals surface area contributed by atoms with Crippen molar-refractivity contribution in [1.29, 1.82) is 0 Å². The van der Waals surface area contributed by atoms with Gasteiger partial charge in [0.2, 0.25) is 10.0 Å². The summed E-state index contributed by atoms with van der Waals surface area (Å²) in [5.41, 5.74) is 1.10. The molecule has 0 bridgehead atoms. The Morgan fingerprint density at radius 3 is 2.64 bits per heavy atom. The van der Waals surface area contributed by atoms with E-state index in [2.05, 4.69) is 10.5 Å². The Bertz CT molecular complexity index is 961. The summed E-state index contributed by atoms with van der Waals surface area (Å²) in [5, 5.41) is 13.5. The molecule has 0 saturated carbocycles. The quantitative estimate of drug-likeness (QED) is 0.682. The number of carbonyl (C=O) groups excluding carboxylic acids is 1. The Kier molecular flexibility index (Phi) is 4.98. The molecule has 3 rings (SSSR count). The lowest BCUT2D eigenvalue weighted by atomic mass is 10.1. The van der Waals surface area contributed by atoms with Crippen LogP contribution in [0.2, 0.25) is 0 Å². The van der Waals surface area contributed by atoms with Crippen LogP contribution in [0.25, 0.3) is 10.6 Å². The van der Waals surface area contributed by atoms with E-state index in [4.69, 9.17) is 9.66 Å². The Labute approximate surface area is 148 Å². The van der Waals surface area contributed by atoms with E-state index in [0.717, 1.165) is 10.4 Å². The number of nitrogens with zero attached hydrogens (tertiary/aromatic N) is 1. The van der Waals surface area contributed by atoms with Gasteiger partial charge in [-0.05, 0) is 35.6 Å². The lowest BCUT2D eigenvalue weighted by Gasteiger charge is -2.04. The van der Waals surface area contributed by atoms with Crippen molar-refractivity contribution in [3.8, 4) is 10.6 Å². The van der Waals surface area contributed by atoms with Crippen molar-refractivity contribution in [3.05, 3.63) is 59.1 Å². The molecule has 0 spiro atoms. The second-order valence-corrected chi connectivity index (χ2v) is 7.76. The first-order valence-electron chi connectivity index (χ1n) is 7.34. The summed E-state index contributed by atoms with van der Waals surface area (Å²) in [5.74, 6) is 0.228. The number of thiophene rings is 1. The minimum Gasteiger partial charge on any atom is -0.355 e. The van der Waals surface area contributed by atoms with Gasteiger partial charge in [0.25, 0.3) is 5.91 Å². The van der Waals surface area contributed by atoms with Gasteiger partial charge in [-0.1, -0.05) is 23.4 Å². The largest absolute Gasteiger partial charge is 0.355 e. The van der Waals surface area contributed by atoms with Crippen molar-refractivity contribution in [2.24, 2.45) is 5.14 Å². The molecule has 130 valence electrons. The first kappa shape index (κ1) is 17.3. The molecule has 0 aliphatic carbocycles. The van der Waals surface area contributed by atoms with Gasteiger partial charge in [0.1, 0.15) is 0 Å². The second-order valence-electron chi connectivity index (χ2n) is 5.25. The Hall–Kier alpha value is -2.49. The molecule has 9 heteroatoms. The van der Waals surface area contributed by atoms with Gasteiger partial charge >= 0.3 is 0 Å². The summed E-state index contributed by atoms with van der Waals surface area (Å²) in [6, 6.07) is 11.6. The minimum atomic E-state index is -3.69. The van der Waals surface area contributed by atoms with Crippen LogP contribution in [-0.4, -0.2) is 26.0 Å². The maximum atomic E-state index is 12.1. The van der Waals surface area contributed by atoms with E-state index in [1.807, 2.05) is 17.5 Å². The van der Waals surface area contributed by atoms with E-state index < -0.39 is 10.0 Å². The number of nitrogens with two attached hydrogens (primary N) is 1. The lowest BCUT2D eigenvalue weighted by molar-refractivity contribution is 0.0945. The molecule has 3 aromatic rings. The van der Waals surface area contributed by atoms with Crippen molar-refractivity contribution < 1.29 is 17.7 Å². The van der Waals surface area contributed by atoms with E-state index in [9.17, 15) is 13.2 Å². The van der Waals surface area contributed by atoms with Crippen LogP contribution in [0.5, 0.6) is 0 Å². The highest BCUT2D eigenvalue weighted by Gasteiger charge is 2.14. The molecule has 3 N–H and O–H groups in total. The van der Waals surface area contributed by atoms with Gasteiger partial charge in [-0.2, -0.15) is 0 Å². The number of primary sulfonamides is 1. The zero-order valence-corrected chi connectivity index (χ0v) is 14.6. The van der Waals surface area contributed by atoms with Gasteiger partial charge in [-0.3, -0.25) is 4.79 Å². The molecule has 2 heterocycles. The third kappa shape index (κ3) is 4.32. The first-order chi connectivity index (χ1) is 11.9. The van der Waals surface area contributed by atoms with Crippen LogP contribution in [0.15, 0.2) is 57.3 Å². The number of amides is 1. The topological polar surface area (TPSA) is 115 Å². The SMILES string of the molecule is NS(=O)(=O)c1ccc(CCNC(=O)c2cc(-c3cccs3)on2)cc1. The molecule has 0 unspecified atom stereocenters. The smallest absolute Gasteiger partial charge is 0.273 e. The number of aromatic nitrogens is 1. The van der Waals surface area contributed by atoms with Crippen LogP contribution in [0.3, 0.4) is 0 Å². The number of rotatable bonds is 6. The van der Waals surface area contributed by atoms with Crippen molar-refractivity contribution in [2.75, 3.05) is 6.54 Å². The monoisotopic (exact) mass is 377 g/mol. The minimum absolute atomic E-state index is 0.0592. The maximum Gasteiger partial charge on any atom is 0.273 e. The Morgan fingerprint density at radius 2 is 2.00 bits per heavy atom. The molecule has 1 amide bonds. The summed E-state index contributed by atoms with van der Waals surface area (Å²) >= 11 is 1.50. The van der Waals surface area contributed by atoms with E-state index in [1.165, 1.54) is 23.5 Å².